The minimum absolute atomic E-state index is 0.0681. The Morgan fingerprint density at radius 3 is 2.68 bits per heavy atom. The minimum atomic E-state index is 0.0681. The predicted octanol–water partition coefficient (Wildman–Crippen LogP) is 5.42. The van der Waals surface area contributed by atoms with Crippen LogP contribution in [0, 0.1) is 11.3 Å². The van der Waals surface area contributed by atoms with Crippen molar-refractivity contribution in [3.8, 4) is 0 Å². The SMILES string of the molecule is CCSc1nnc2n(Cc3ccccc3)c(=O)c3c4c(sc3n12)CC(C(C)(C)C)CC4. The number of thiophene rings is 1. The van der Waals surface area contributed by atoms with Gasteiger partial charge >= 0.3 is 0 Å². The van der Waals surface area contributed by atoms with Crippen LogP contribution >= 0.6 is 23.1 Å². The zero-order chi connectivity index (χ0) is 21.8. The van der Waals surface area contributed by atoms with Crippen LogP contribution in [0.2, 0.25) is 0 Å². The topological polar surface area (TPSA) is 52.2 Å². The van der Waals surface area contributed by atoms with Crippen molar-refractivity contribution < 1.29 is 0 Å². The van der Waals surface area contributed by atoms with Gasteiger partial charge in [0.1, 0.15) is 4.83 Å². The molecule has 0 saturated carbocycles. The molecular formula is C24H28N4OS2. The molecule has 1 unspecified atom stereocenters. The molecule has 0 saturated heterocycles. The molecule has 0 radical (unpaired) electrons. The number of fused-ring (bicyclic) bond motifs is 5. The molecular weight excluding hydrogens is 424 g/mol. The molecule has 1 aromatic carbocycles. The molecule has 7 heteroatoms. The van der Waals surface area contributed by atoms with E-state index in [0.717, 1.165) is 46.0 Å². The summed E-state index contributed by atoms with van der Waals surface area (Å²) in [6, 6.07) is 10.1. The second kappa shape index (κ2) is 7.78. The fourth-order valence-corrected chi connectivity index (χ4v) is 6.79. The van der Waals surface area contributed by atoms with Crippen LogP contribution in [0.5, 0.6) is 0 Å². The van der Waals surface area contributed by atoms with Crippen molar-refractivity contribution in [2.24, 2.45) is 11.3 Å². The van der Waals surface area contributed by atoms with Crippen molar-refractivity contribution in [3.05, 3.63) is 56.7 Å². The highest BCUT2D eigenvalue weighted by molar-refractivity contribution is 7.99. The fourth-order valence-electron chi connectivity index (χ4n) is 4.66. The second-order valence-electron chi connectivity index (χ2n) is 9.42. The Morgan fingerprint density at radius 2 is 1.97 bits per heavy atom. The standard InChI is InChI=1S/C24H28N4OS2/c1-5-30-23-26-25-22-27(14-15-9-7-6-8-10-15)20(29)19-17-12-11-16(24(2,3)4)13-18(17)31-21(19)28(22)23/h6-10,16H,5,11-14H2,1-4H3. The van der Waals surface area contributed by atoms with E-state index in [0.29, 0.717) is 18.2 Å². The van der Waals surface area contributed by atoms with Gasteiger partial charge in [0.15, 0.2) is 5.16 Å². The Morgan fingerprint density at radius 1 is 1.19 bits per heavy atom. The molecule has 4 aromatic rings. The lowest BCUT2D eigenvalue weighted by atomic mass is 9.72. The van der Waals surface area contributed by atoms with Crippen LogP contribution in [0.1, 0.15) is 50.1 Å². The first kappa shape index (κ1) is 20.8. The Hall–Kier alpha value is -2.12. The average molecular weight is 453 g/mol. The van der Waals surface area contributed by atoms with Crippen LogP contribution in [-0.4, -0.2) is 24.9 Å². The molecule has 31 heavy (non-hydrogen) atoms. The lowest BCUT2D eigenvalue weighted by Crippen LogP contribution is -2.27. The van der Waals surface area contributed by atoms with Gasteiger partial charge in [-0.25, -0.2) is 4.40 Å². The number of nitrogens with zero attached hydrogens (tertiary/aromatic N) is 4. The van der Waals surface area contributed by atoms with Gasteiger partial charge < -0.3 is 0 Å². The molecule has 1 aliphatic carbocycles. The first-order chi connectivity index (χ1) is 14.9. The lowest BCUT2D eigenvalue weighted by molar-refractivity contribution is 0.218. The van der Waals surface area contributed by atoms with Gasteiger partial charge in [0.2, 0.25) is 5.78 Å². The van der Waals surface area contributed by atoms with E-state index in [1.165, 1.54) is 10.4 Å². The van der Waals surface area contributed by atoms with Gasteiger partial charge in [0.05, 0.1) is 11.9 Å². The quantitative estimate of drug-likeness (QED) is 0.388. The number of hydrogen-bond donors (Lipinski definition) is 0. The molecule has 1 aliphatic rings. The first-order valence-corrected chi connectivity index (χ1v) is 12.8. The molecule has 1 atom stereocenters. The normalized spacial score (nSPS) is 16.8. The molecule has 5 nitrogen and oxygen atoms in total. The molecule has 162 valence electrons. The molecule has 0 amide bonds. The summed E-state index contributed by atoms with van der Waals surface area (Å²) in [5, 5.41) is 10.7. The third kappa shape index (κ3) is 3.52. The Kier molecular flexibility index (Phi) is 5.21. The maximum absolute atomic E-state index is 13.8. The summed E-state index contributed by atoms with van der Waals surface area (Å²) in [6.07, 6.45) is 3.16. The van der Waals surface area contributed by atoms with Crippen LogP contribution < -0.4 is 5.56 Å². The van der Waals surface area contributed by atoms with Gasteiger partial charge in [-0.15, -0.1) is 21.5 Å². The zero-order valence-corrected chi connectivity index (χ0v) is 20.1. The van der Waals surface area contributed by atoms with Crippen LogP contribution in [0.15, 0.2) is 40.3 Å². The number of benzene rings is 1. The summed E-state index contributed by atoms with van der Waals surface area (Å²) >= 11 is 3.46. The number of thioether (sulfide) groups is 1. The summed E-state index contributed by atoms with van der Waals surface area (Å²) in [4.78, 5) is 16.2. The van der Waals surface area contributed by atoms with Crippen molar-refractivity contribution in [3.63, 3.8) is 0 Å². The van der Waals surface area contributed by atoms with E-state index in [-0.39, 0.29) is 11.0 Å². The van der Waals surface area contributed by atoms with Crippen molar-refractivity contribution in [1.82, 2.24) is 19.2 Å². The molecule has 0 N–H and O–H groups in total. The smallest absolute Gasteiger partial charge is 0.264 e. The number of rotatable bonds is 4. The monoisotopic (exact) mass is 452 g/mol. The summed E-state index contributed by atoms with van der Waals surface area (Å²) in [5.74, 6) is 2.20. The average Bonchev–Trinajstić information content (AvgIpc) is 3.32. The van der Waals surface area contributed by atoms with E-state index in [2.05, 4.69) is 54.4 Å². The van der Waals surface area contributed by atoms with Crippen LogP contribution in [0.4, 0.5) is 0 Å². The summed E-state index contributed by atoms with van der Waals surface area (Å²) < 4.78 is 3.94. The van der Waals surface area contributed by atoms with E-state index in [9.17, 15) is 4.79 Å². The highest BCUT2D eigenvalue weighted by Gasteiger charge is 2.32. The van der Waals surface area contributed by atoms with Gasteiger partial charge in [-0.2, -0.15) is 0 Å². The Labute approximate surface area is 190 Å². The highest BCUT2D eigenvalue weighted by Crippen LogP contribution is 2.43. The van der Waals surface area contributed by atoms with Crippen molar-refractivity contribution in [1.29, 1.82) is 0 Å². The van der Waals surface area contributed by atoms with E-state index < -0.39 is 0 Å². The molecule has 0 spiro atoms. The van der Waals surface area contributed by atoms with Gasteiger partial charge in [0, 0.05) is 4.88 Å². The van der Waals surface area contributed by atoms with Gasteiger partial charge in [-0.1, -0.05) is 69.8 Å². The van der Waals surface area contributed by atoms with Crippen molar-refractivity contribution in [2.75, 3.05) is 5.75 Å². The Balaban J connectivity index is 1.76. The lowest BCUT2D eigenvalue weighted by Gasteiger charge is -2.33. The minimum Gasteiger partial charge on any atom is -0.272 e. The third-order valence-corrected chi connectivity index (χ3v) is 8.50. The van der Waals surface area contributed by atoms with Gasteiger partial charge in [-0.3, -0.25) is 9.36 Å². The molecule has 0 fully saturated rings. The number of aromatic nitrogens is 4. The van der Waals surface area contributed by atoms with E-state index in [1.54, 1.807) is 23.1 Å². The third-order valence-electron chi connectivity index (χ3n) is 6.45. The number of hydrogen-bond acceptors (Lipinski definition) is 5. The Bertz CT molecular complexity index is 1310. The van der Waals surface area contributed by atoms with Crippen molar-refractivity contribution >= 4 is 39.1 Å². The van der Waals surface area contributed by atoms with Crippen molar-refractivity contribution in [2.45, 2.75) is 58.7 Å². The summed E-state index contributed by atoms with van der Waals surface area (Å²) in [5.41, 5.74) is 2.69. The maximum Gasteiger partial charge on any atom is 0.264 e. The summed E-state index contributed by atoms with van der Waals surface area (Å²) in [7, 11) is 0. The molecule has 0 aliphatic heterocycles. The molecule has 0 bridgehead atoms. The van der Waals surface area contributed by atoms with Crippen LogP contribution in [-0.2, 0) is 19.4 Å². The maximum atomic E-state index is 13.8. The van der Waals surface area contributed by atoms with E-state index in [4.69, 9.17) is 0 Å². The summed E-state index contributed by atoms with van der Waals surface area (Å²) in [6.45, 7) is 9.62. The largest absolute Gasteiger partial charge is 0.272 e. The molecule has 3 heterocycles. The first-order valence-electron chi connectivity index (χ1n) is 11.0. The fraction of sp³-hybridized carbons (Fsp3) is 0.458. The van der Waals surface area contributed by atoms with Crippen LogP contribution in [0.25, 0.3) is 16.0 Å². The zero-order valence-electron chi connectivity index (χ0n) is 18.5. The molecule has 5 rings (SSSR count). The highest BCUT2D eigenvalue weighted by atomic mass is 32.2. The van der Waals surface area contributed by atoms with E-state index in [1.807, 2.05) is 22.8 Å². The van der Waals surface area contributed by atoms with Gasteiger partial charge in [-0.05, 0) is 47.5 Å². The molecule has 3 aromatic heterocycles. The van der Waals surface area contributed by atoms with E-state index >= 15 is 0 Å². The second-order valence-corrected chi connectivity index (χ2v) is 11.7. The van der Waals surface area contributed by atoms with Crippen LogP contribution in [0.3, 0.4) is 0 Å². The number of aryl methyl sites for hydroxylation is 1. The van der Waals surface area contributed by atoms with Gasteiger partial charge in [0.25, 0.3) is 5.56 Å². The predicted molar refractivity (Wildman–Crippen MR) is 130 cm³/mol.